The van der Waals surface area contributed by atoms with Gasteiger partial charge < -0.3 is 9.30 Å². The molecule has 1 aromatic rings. The van der Waals surface area contributed by atoms with Crippen molar-refractivity contribution in [3.05, 3.63) is 12.0 Å². The van der Waals surface area contributed by atoms with E-state index in [1.807, 2.05) is 0 Å². The zero-order valence-electron chi connectivity index (χ0n) is 11.6. The van der Waals surface area contributed by atoms with Crippen molar-refractivity contribution < 1.29 is 22.7 Å². The Morgan fingerprint density at radius 1 is 1.29 bits per heavy atom. The second-order valence-corrected chi connectivity index (χ2v) is 7.23. The Kier molecular flexibility index (Phi) is 3.14. The van der Waals surface area contributed by atoms with Gasteiger partial charge in [0.1, 0.15) is 5.82 Å². The van der Waals surface area contributed by atoms with Gasteiger partial charge in [0.25, 0.3) is 10.0 Å². The van der Waals surface area contributed by atoms with Crippen LogP contribution in [0.5, 0.6) is 0 Å². The first kappa shape index (κ1) is 14.2. The molecule has 0 saturated carbocycles. The molecule has 0 spiro atoms. The minimum Gasteiger partial charge on any atom is -0.393 e. The Morgan fingerprint density at radius 3 is 2.57 bits per heavy atom. The molecular weight excluding hydrogens is 298 g/mol. The van der Waals surface area contributed by atoms with Crippen LogP contribution in [0.15, 0.2) is 11.2 Å². The summed E-state index contributed by atoms with van der Waals surface area (Å²) in [5.74, 6) is -1.82. The molecule has 114 valence electrons. The average molecular weight is 313 g/mol. The Hall–Kier alpha value is -1.74. The molecule has 0 aromatic carbocycles. The average Bonchev–Trinajstić information content (AvgIpc) is 2.91. The van der Waals surface area contributed by atoms with Gasteiger partial charge in [-0.1, -0.05) is 0 Å². The number of piperidine rings is 1. The molecule has 0 amide bonds. The lowest BCUT2D eigenvalue weighted by Gasteiger charge is -2.29. The minimum absolute atomic E-state index is 0.0345. The van der Waals surface area contributed by atoms with Gasteiger partial charge in [0, 0.05) is 26.3 Å². The molecule has 9 heteroatoms. The van der Waals surface area contributed by atoms with Crippen LogP contribution >= 0.6 is 0 Å². The van der Waals surface area contributed by atoms with E-state index in [0.717, 1.165) is 0 Å². The van der Waals surface area contributed by atoms with E-state index in [9.17, 15) is 18.0 Å². The quantitative estimate of drug-likeness (QED) is 0.536. The molecule has 2 fully saturated rings. The van der Waals surface area contributed by atoms with Gasteiger partial charge >= 0.3 is 11.9 Å². The van der Waals surface area contributed by atoms with Crippen LogP contribution in [0.4, 0.5) is 0 Å². The fourth-order valence-corrected chi connectivity index (χ4v) is 4.20. The highest BCUT2D eigenvalue weighted by Crippen LogP contribution is 2.33. The zero-order chi connectivity index (χ0) is 15.4. The minimum atomic E-state index is -3.76. The number of aryl methyl sites for hydroxylation is 2. The summed E-state index contributed by atoms with van der Waals surface area (Å²) >= 11 is 0. The van der Waals surface area contributed by atoms with Gasteiger partial charge in [-0.05, 0) is 13.3 Å². The molecule has 1 aromatic heterocycles. The van der Waals surface area contributed by atoms with Gasteiger partial charge in [0.15, 0.2) is 5.03 Å². The summed E-state index contributed by atoms with van der Waals surface area (Å²) in [6, 6.07) is 0. The van der Waals surface area contributed by atoms with Gasteiger partial charge in [-0.15, -0.1) is 0 Å². The van der Waals surface area contributed by atoms with E-state index in [1.165, 1.54) is 10.5 Å². The number of rotatable bonds is 2. The summed E-state index contributed by atoms with van der Waals surface area (Å²) in [7, 11) is -2.05. The van der Waals surface area contributed by atoms with Crippen LogP contribution in [-0.2, 0) is 31.4 Å². The molecule has 2 aliphatic heterocycles. The molecule has 0 bridgehead atoms. The maximum absolute atomic E-state index is 12.5. The summed E-state index contributed by atoms with van der Waals surface area (Å²) < 4.78 is 32.5. The highest BCUT2D eigenvalue weighted by molar-refractivity contribution is 7.89. The number of carbonyl (C=O) groups excluding carboxylic acids is 2. The van der Waals surface area contributed by atoms with E-state index in [2.05, 4.69) is 9.72 Å². The van der Waals surface area contributed by atoms with Gasteiger partial charge in [0.2, 0.25) is 0 Å². The second-order valence-electron chi connectivity index (χ2n) is 5.34. The van der Waals surface area contributed by atoms with Crippen molar-refractivity contribution in [3.63, 3.8) is 0 Å². The van der Waals surface area contributed by atoms with E-state index >= 15 is 0 Å². The van der Waals surface area contributed by atoms with Gasteiger partial charge in [-0.25, -0.2) is 13.4 Å². The number of cyclic esters (lactones) is 2. The molecule has 2 atom stereocenters. The van der Waals surface area contributed by atoms with E-state index < -0.39 is 33.8 Å². The largest absolute Gasteiger partial charge is 0.393 e. The van der Waals surface area contributed by atoms with Crippen LogP contribution in [0.3, 0.4) is 0 Å². The molecule has 2 unspecified atom stereocenters. The number of esters is 2. The summed E-state index contributed by atoms with van der Waals surface area (Å²) in [6.45, 7) is 1.85. The molecule has 2 aliphatic rings. The summed E-state index contributed by atoms with van der Waals surface area (Å²) in [5.41, 5.74) is 0. The van der Waals surface area contributed by atoms with Crippen molar-refractivity contribution in [2.45, 2.75) is 18.4 Å². The Bertz CT molecular complexity index is 704. The molecule has 3 heterocycles. The van der Waals surface area contributed by atoms with Crippen molar-refractivity contribution in [1.82, 2.24) is 13.9 Å². The number of carbonyl (C=O) groups is 2. The van der Waals surface area contributed by atoms with E-state index in [4.69, 9.17) is 0 Å². The second kappa shape index (κ2) is 4.63. The van der Waals surface area contributed by atoms with E-state index in [0.29, 0.717) is 12.2 Å². The van der Waals surface area contributed by atoms with Gasteiger partial charge in [-0.2, -0.15) is 4.31 Å². The molecule has 0 N–H and O–H groups in total. The topological polar surface area (TPSA) is 98.6 Å². The standard InChI is InChI=1S/C12H15N3O5S/c1-7-13-10(6-14(7)2)21(18,19)15-4-3-8-9(5-15)12(17)20-11(8)16/h6,8-9H,3-5H2,1-2H3. The normalized spacial score (nSPS) is 26.8. The number of fused-ring (bicyclic) bond motifs is 1. The van der Waals surface area contributed by atoms with Crippen molar-refractivity contribution in [2.24, 2.45) is 18.9 Å². The lowest BCUT2D eigenvalue weighted by atomic mass is 9.89. The van der Waals surface area contributed by atoms with Crippen LogP contribution < -0.4 is 0 Å². The lowest BCUT2D eigenvalue weighted by Crippen LogP contribution is -2.44. The number of aromatic nitrogens is 2. The highest BCUT2D eigenvalue weighted by atomic mass is 32.2. The van der Waals surface area contributed by atoms with Crippen LogP contribution in [0.2, 0.25) is 0 Å². The Morgan fingerprint density at radius 2 is 1.95 bits per heavy atom. The third-order valence-electron chi connectivity index (χ3n) is 4.07. The van der Waals surface area contributed by atoms with Crippen molar-refractivity contribution >= 4 is 22.0 Å². The van der Waals surface area contributed by atoms with Crippen molar-refractivity contribution in [1.29, 1.82) is 0 Å². The maximum Gasteiger partial charge on any atom is 0.318 e. The summed E-state index contributed by atoms with van der Waals surface area (Å²) in [5, 5.41) is -0.0429. The molecule has 0 aliphatic carbocycles. The van der Waals surface area contributed by atoms with Crippen molar-refractivity contribution in [2.75, 3.05) is 13.1 Å². The molecule has 0 radical (unpaired) electrons. The van der Waals surface area contributed by atoms with Gasteiger partial charge in [0.05, 0.1) is 11.8 Å². The molecule has 21 heavy (non-hydrogen) atoms. The van der Waals surface area contributed by atoms with E-state index in [-0.39, 0.29) is 18.1 Å². The Labute approximate surface area is 121 Å². The monoisotopic (exact) mass is 313 g/mol. The number of imidazole rings is 1. The highest BCUT2D eigenvalue weighted by Gasteiger charge is 2.49. The number of hydrogen-bond donors (Lipinski definition) is 0. The number of hydrogen-bond acceptors (Lipinski definition) is 6. The smallest absolute Gasteiger partial charge is 0.318 e. The molecular formula is C12H15N3O5S. The summed E-state index contributed by atoms with van der Waals surface area (Å²) in [4.78, 5) is 27.1. The maximum atomic E-state index is 12.5. The van der Waals surface area contributed by atoms with Crippen LogP contribution in [0.1, 0.15) is 12.2 Å². The first-order valence-electron chi connectivity index (χ1n) is 6.56. The molecule has 3 rings (SSSR count). The number of nitrogens with zero attached hydrogens (tertiary/aromatic N) is 3. The third kappa shape index (κ3) is 2.16. The molecule has 2 saturated heterocycles. The Balaban J connectivity index is 1.88. The fourth-order valence-electron chi connectivity index (χ4n) is 2.69. The van der Waals surface area contributed by atoms with E-state index in [1.54, 1.807) is 18.5 Å². The van der Waals surface area contributed by atoms with Crippen LogP contribution in [0, 0.1) is 18.8 Å². The third-order valence-corrected chi connectivity index (χ3v) is 5.81. The SMILES string of the molecule is Cc1nc(S(=O)(=O)N2CCC3C(=O)OC(=O)C3C2)cn1C. The van der Waals surface area contributed by atoms with Crippen LogP contribution in [0.25, 0.3) is 0 Å². The zero-order valence-corrected chi connectivity index (χ0v) is 12.5. The predicted molar refractivity (Wildman–Crippen MR) is 69.4 cm³/mol. The molecule has 8 nitrogen and oxygen atoms in total. The number of sulfonamides is 1. The first-order chi connectivity index (χ1) is 9.80. The fraction of sp³-hybridized carbons (Fsp3) is 0.583. The summed E-state index contributed by atoms with van der Waals surface area (Å²) in [6.07, 6.45) is 1.73. The van der Waals surface area contributed by atoms with Crippen molar-refractivity contribution in [3.8, 4) is 0 Å². The first-order valence-corrected chi connectivity index (χ1v) is 8.00. The predicted octanol–water partition coefficient (Wildman–Crippen LogP) is -0.561. The lowest BCUT2D eigenvalue weighted by molar-refractivity contribution is -0.153. The van der Waals surface area contributed by atoms with Crippen LogP contribution in [-0.4, -0.2) is 47.3 Å². The number of ether oxygens (including phenoxy) is 1. The van der Waals surface area contributed by atoms with Gasteiger partial charge in [-0.3, -0.25) is 9.59 Å².